The number of aromatic nitrogens is 2. The lowest BCUT2D eigenvalue weighted by molar-refractivity contribution is 0.379. The van der Waals surface area contributed by atoms with Gasteiger partial charge in [-0.2, -0.15) is 10.4 Å². The summed E-state index contributed by atoms with van der Waals surface area (Å²) in [7, 11) is 0. The molecule has 0 aliphatic heterocycles. The maximum absolute atomic E-state index is 9.17. The molecule has 1 aromatic rings. The smallest absolute Gasteiger partial charge is 0.126 e. The summed E-state index contributed by atoms with van der Waals surface area (Å²) in [5.41, 5.74) is 6.97. The van der Waals surface area contributed by atoms with Crippen LogP contribution >= 0.6 is 11.6 Å². The van der Waals surface area contributed by atoms with Crippen LogP contribution in [0, 0.1) is 31.1 Å². The Kier molecular flexibility index (Phi) is 2.69. The third-order valence-electron chi connectivity index (χ3n) is 3.22. The highest BCUT2D eigenvalue weighted by atomic mass is 35.5. The average Bonchev–Trinajstić information content (AvgIpc) is 3.06. The van der Waals surface area contributed by atoms with Gasteiger partial charge >= 0.3 is 0 Å². The van der Waals surface area contributed by atoms with E-state index in [1.54, 1.807) is 4.68 Å². The van der Waals surface area contributed by atoms with E-state index in [1.165, 1.54) is 0 Å². The standard InChI is InChI=1S/C11H15ClN4/c1-7-10(12)8(2)16(15-7)6-11(14,5-13)9-3-4-9/h9H,3-4,6,14H2,1-2H3. The van der Waals surface area contributed by atoms with Crippen molar-refractivity contribution in [2.45, 2.75) is 38.8 Å². The van der Waals surface area contributed by atoms with Crippen molar-refractivity contribution in [3.63, 3.8) is 0 Å². The van der Waals surface area contributed by atoms with Crippen molar-refractivity contribution in [2.75, 3.05) is 0 Å². The van der Waals surface area contributed by atoms with E-state index in [2.05, 4.69) is 11.2 Å². The van der Waals surface area contributed by atoms with Crippen LogP contribution in [0.4, 0.5) is 0 Å². The van der Waals surface area contributed by atoms with Crippen molar-refractivity contribution in [2.24, 2.45) is 11.7 Å². The Labute approximate surface area is 100.0 Å². The van der Waals surface area contributed by atoms with Gasteiger partial charge in [0.25, 0.3) is 0 Å². The average molecular weight is 239 g/mol. The van der Waals surface area contributed by atoms with Crippen LogP contribution in [-0.4, -0.2) is 15.3 Å². The first-order chi connectivity index (χ1) is 7.48. The maximum Gasteiger partial charge on any atom is 0.126 e. The zero-order valence-corrected chi connectivity index (χ0v) is 10.3. The van der Waals surface area contributed by atoms with Gasteiger partial charge in [-0.05, 0) is 32.6 Å². The summed E-state index contributed by atoms with van der Waals surface area (Å²) >= 11 is 6.06. The zero-order valence-electron chi connectivity index (χ0n) is 9.50. The van der Waals surface area contributed by atoms with Gasteiger partial charge in [-0.3, -0.25) is 4.68 Å². The molecule has 1 heterocycles. The fourth-order valence-electron chi connectivity index (χ4n) is 1.93. The van der Waals surface area contributed by atoms with E-state index in [0.717, 1.165) is 24.2 Å². The molecule has 1 aliphatic carbocycles. The number of nitrogens with zero attached hydrogens (tertiary/aromatic N) is 3. The van der Waals surface area contributed by atoms with Gasteiger partial charge in [0.15, 0.2) is 0 Å². The minimum Gasteiger partial charge on any atom is -0.312 e. The molecule has 5 heteroatoms. The summed E-state index contributed by atoms with van der Waals surface area (Å²) in [5, 5.41) is 14.1. The Morgan fingerprint density at radius 1 is 1.62 bits per heavy atom. The summed E-state index contributed by atoms with van der Waals surface area (Å²) < 4.78 is 1.75. The van der Waals surface area contributed by atoms with Gasteiger partial charge in [0.2, 0.25) is 0 Å². The van der Waals surface area contributed by atoms with Gasteiger partial charge in [0, 0.05) is 0 Å². The number of nitrogens with two attached hydrogens (primary N) is 1. The Hall–Kier alpha value is -1.05. The van der Waals surface area contributed by atoms with Crippen molar-refractivity contribution in [1.82, 2.24) is 9.78 Å². The molecule has 0 spiro atoms. The molecular weight excluding hydrogens is 224 g/mol. The van der Waals surface area contributed by atoms with Crippen LogP contribution in [0.2, 0.25) is 5.02 Å². The van der Waals surface area contributed by atoms with Crippen molar-refractivity contribution in [3.05, 3.63) is 16.4 Å². The van der Waals surface area contributed by atoms with Gasteiger partial charge in [-0.15, -0.1) is 0 Å². The molecule has 0 radical (unpaired) electrons. The molecule has 1 aromatic heterocycles. The number of halogens is 1. The number of aryl methyl sites for hydroxylation is 1. The number of hydrogen-bond donors (Lipinski definition) is 1. The third kappa shape index (κ3) is 1.81. The summed E-state index contributed by atoms with van der Waals surface area (Å²) in [5.74, 6) is 0.306. The van der Waals surface area contributed by atoms with Crippen LogP contribution < -0.4 is 5.73 Å². The zero-order chi connectivity index (χ0) is 11.9. The minimum atomic E-state index is -0.799. The molecule has 1 unspecified atom stereocenters. The summed E-state index contributed by atoms with van der Waals surface area (Å²) in [6, 6.07) is 2.22. The lowest BCUT2D eigenvalue weighted by atomic mass is 9.96. The second-order valence-electron chi connectivity index (χ2n) is 4.57. The topological polar surface area (TPSA) is 67.6 Å². The van der Waals surface area contributed by atoms with Crippen LogP contribution in [0.1, 0.15) is 24.2 Å². The van der Waals surface area contributed by atoms with E-state index < -0.39 is 5.54 Å². The van der Waals surface area contributed by atoms with Gasteiger partial charge in [0.05, 0.1) is 29.0 Å². The van der Waals surface area contributed by atoms with E-state index in [1.807, 2.05) is 13.8 Å². The summed E-state index contributed by atoms with van der Waals surface area (Å²) in [6.45, 7) is 4.17. The molecule has 1 aliphatic rings. The summed E-state index contributed by atoms with van der Waals surface area (Å²) in [6.07, 6.45) is 2.08. The Morgan fingerprint density at radius 3 is 2.62 bits per heavy atom. The van der Waals surface area contributed by atoms with Gasteiger partial charge in [-0.25, -0.2) is 0 Å². The van der Waals surface area contributed by atoms with E-state index in [-0.39, 0.29) is 0 Å². The highest BCUT2D eigenvalue weighted by Gasteiger charge is 2.43. The molecule has 2 rings (SSSR count). The molecule has 4 nitrogen and oxygen atoms in total. The van der Waals surface area contributed by atoms with Crippen molar-refractivity contribution >= 4 is 11.6 Å². The van der Waals surface area contributed by atoms with Crippen molar-refractivity contribution in [3.8, 4) is 6.07 Å². The fourth-order valence-corrected chi connectivity index (χ4v) is 2.07. The normalized spacial score (nSPS) is 19.2. The highest BCUT2D eigenvalue weighted by Crippen LogP contribution is 2.39. The van der Waals surface area contributed by atoms with Crippen LogP contribution in [0.15, 0.2) is 0 Å². The SMILES string of the molecule is Cc1nn(CC(N)(C#N)C2CC2)c(C)c1Cl. The van der Waals surface area contributed by atoms with E-state index in [4.69, 9.17) is 17.3 Å². The fraction of sp³-hybridized carbons (Fsp3) is 0.636. The second-order valence-corrected chi connectivity index (χ2v) is 4.95. The second kappa shape index (κ2) is 3.76. The summed E-state index contributed by atoms with van der Waals surface area (Å²) in [4.78, 5) is 0. The molecule has 2 N–H and O–H groups in total. The molecule has 1 fully saturated rings. The maximum atomic E-state index is 9.17. The molecule has 0 aromatic carbocycles. The Balaban J connectivity index is 2.26. The molecule has 1 saturated carbocycles. The third-order valence-corrected chi connectivity index (χ3v) is 3.77. The number of hydrogen-bond acceptors (Lipinski definition) is 3. The van der Waals surface area contributed by atoms with E-state index in [0.29, 0.717) is 17.5 Å². The first-order valence-electron chi connectivity index (χ1n) is 5.37. The lowest BCUT2D eigenvalue weighted by Gasteiger charge is -2.21. The van der Waals surface area contributed by atoms with E-state index in [9.17, 15) is 5.26 Å². The number of rotatable bonds is 3. The molecule has 16 heavy (non-hydrogen) atoms. The van der Waals surface area contributed by atoms with Crippen molar-refractivity contribution in [1.29, 1.82) is 5.26 Å². The largest absolute Gasteiger partial charge is 0.312 e. The molecule has 0 bridgehead atoms. The lowest BCUT2D eigenvalue weighted by Crippen LogP contribution is -2.45. The van der Waals surface area contributed by atoms with Gasteiger partial charge in [0.1, 0.15) is 5.54 Å². The Morgan fingerprint density at radius 2 is 2.25 bits per heavy atom. The quantitative estimate of drug-likeness (QED) is 0.873. The highest BCUT2D eigenvalue weighted by molar-refractivity contribution is 6.31. The first kappa shape index (κ1) is 11.4. The van der Waals surface area contributed by atoms with Crippen LogP contribution in [0.5, 0.6) is 0 Å². The Bertz CT molecular complexity index is 455. The van der Waals surface area contributed by atoms with Crippen molar-refractivity contribution < 1.29 is 0 Å². The number of nitriles is 1. The monoisotopic (exact) mass is 238 g/mol. The first-order valence-corrected chi connectivity index (χ1v) is 5.75. The predicted octanol–water partition coefficient (Wildman–Crippen LogP) is 1.78. The predicted molar refractivity (Wildman–Crippen MR) is 62.0 cm³/mol. The van der Waals surface area contributed by atoms with Gasteiger partial charge in [-0.1, -0.05) is 11.6 Å². The van der Waals surface area contributed by atoms with Gasteiger partial charge < -0.3 is 5.73 Å². The molecule has 0 amide bonds. The van der Waals surface area contributed by atoms with E-state index >= 15 is 0 Å². The minimum absolute atomic E-state index is 0.306. The molecule has 1 atom stereocenters. The van der Waals surface area contributed by atoms with Crippen LogP contribution in [0.3, 0.4) is 0 Å². The molecule has 86 valence electrons. The molecule has 0 saturated heterocycles. The van der Waals surface area contributed by atoms with Crippen LogP contribution in [-0.2, 0) is 6.54 Å². The molecular formula is C11H15ClN4. The van der Waals surface area contributed by atoms with Crippen LogP contribution in [0.25, 0.3) is 0 Å².